The quantitative estimate of drug-likeness (QED) is 0.359. The molecule has 0 aliphatic heterocycles. The maximum Gasteiger partial charge on any atom is 0.407 e. The second-order valence-electron chi connectivity index (χ2n) is 5.89. The predicted octanol–water partition coefficient (Wildman–Crippen LogP) is 3.34. The smallest absolute Gasteiger partial charge is 0.407 e. The number of hydrogen-bond donors (Lipinski definition) is 1. The molecule has 0 aliphatic rings. The maximum absolute atomic E-state index is 11.5. The van der Waals surface area contributed by atoms with Gasteiger partial charge >= 0.3 is 12.1 Å². The highest BCUT2D eigenvalue weighted by Gasteiger charge is 2.15. The first-order valence-corrected chi connectivity index (χ1v) is 10.9. The molecule has 1 aromatic rings. The van der Waals surface area contributed by atoms with E-state index in [0.29, 0.717) is 31.1 Å². The summed E-state index contributed by atoms with van der Waals surface area (Å²) in [6.45, 7) is 8.23. The van der Waals surface area contributed by atoms with Crippen LogP contribution in [0.5, 0.6) is 0 Å². The number of nitrogens with one attached hydrogen (secondary N) is 1. The summed E-state index contributed by atoms with van der Waals surface area (Å²) in [4.78, 5) is 22.8. The van der Waals surface area contributed by atoms with Crippen LogP contribution < -0.4 is 5.32 Å². The molecular weight excluding hydrogens is 382 g/mol. The summed E-state index contributed by atoms with van der Waals surface area (Å²) in [5.41, 5.74) is 0.431. The fourth-order valence-corrected chi connectivity index (χ4v) is 4.26. The Morgan fingerprint density at radius 3 is 2.72 bits per heavy atom. The zero-order chi connectivity index (χ0) is 18.7. The molecule has 142 valence electrons. The van der Waals surface area contributed by atoms with Crippen LogP contribution in [-0.4, -0.2) is 51.9 Å². The Kier molecular flexibility index (Phi) is 10.2. The highest BCUT2D eigenvalue weighted by atomic mass is 32.2. The molecule has 0 unspecified atom stereocenters. The van der Waals surface area contributed by atoms with E-state index in [2.05, 4.69) is 14.9 Å². The van der Waals surface area contributed by atoms with Crippen LogP contribution in [0, 0.1) is 0 Å². The molecule has 0 saturated heterocycles. The molecule has 0 atom stereocenters. The summed E-state index contributed by atoms with van der Waals surface area (Å²) in [5, 5.41) is 6.85. The predicted molar refractivity (Wildman–Crippen MR) is 102 cm³/mol. The lowest BCUT2D eigenvalue weighted by atomic mass is 10.2. The molecule has 1 aromatic heterocycles. The summed E-state index contributed by atoms with van der Waals surface area (Å²) in [6.07, 6.45) is -0.0263. The summed E-state index contributed by atoms with van der Waals surface area (Å²) in [6, 6.07) is 0. The normalized spacial score (nSPS) is 11.2. The number of amides is 1. The minimum atomic E-state index is -0.487. The van der Waals surface area contributed by atoms with Gasteiger partial charge in [0, 0.05) is 23.8 Å². The van der Waals surface area contributed by atoms with Crippen molar-refractivity contribution in [2.24, 2.45) is 0 Å². The van der Waals surface area contributed by atoms with Gasteiger partial charge in [-0.25, -0.2) is 4.79 Å². The summed E-state index contributed by atoms with van der Waals surface area (Å²) >= 11 is 4.57. The van der Waals surface area contributed by atoms with Crippen LogP contribution in [0.2, 0.25) is 0 Å². The zero-order valence-corrected chi connectivity index (χ0v) is 17.4. The van der Waals surface area contributed by atoms with E-state index in [1.54, 1.807) is 30.4 Å². The van der Waals surface area contributed by atoms with Crippen LogP contribution >= 0.6 is 35.1 Å². The average Bonchev–Trinajstić information content (AvgIpc) is 2.93. The van der Waals surface area contributed by atoms with Crippen LogP contribution in [0.4, 0.5) is 4.79 Å². The van der Waals surface area contributed by atoms with Gasteiger partial charge in [-0.3, -0.25) is 4.79 Å². The van der Waals surface area contributed by atoms with Crippen LogP contribution in [0.25, 0.3) is 0 Å². The Balaban J connectivity index is 2.20. The van der Waals surface area contributed by atoms with E-state index in [-0.39, 0.29) is 5.97 Å². The fourth-order valence-electron chi connectivity index (χ4n) is 1.57. The average molecular weight is 408 g/mol. The maximum atomic E-state index is 11.5. The minimum Gasteiger partial charge on any atom is -0.466 e. The molecule has 25 heavy (non-hydrogen) atoms. The summed E-state index contributed by atoms with van der Waals surface area (Å²) < 4.78 is 15.1. The van der Waals surface area contributed by atoms with Gasteiger partial charge in [0.2, 0.25) is 0 Å². The van der Waals surface area contributed by atoms with Gasteiger partial charge < -0.3 is 14.8 Å². The molecule has 0 aromatic carbocycles. The van der Waals surface area contributed by atoms with Crippen molar-refractivity contribution < 1.29 is 19.1 Å². The lowest BCUT2D eigenvalue weighted by Gasteiger charge is -2.19. The molecule has 7 nitrogen and oxygen atoms in total. The molecule has 1 heterocycles. The van der Waals surface area contributed by atoms with Crippen LogP contribution in [0.1, 0.15) is 39.8 Å². The topological polar surface area (TPSA) is 90.4 Å². The van der Waals surface area contributed by atoms with Crippen molar-refractivity contribution in [1.82, 2.24) is 14.9 Å². The Bertz CT molecular complexity index is 546. The van der Waals surface area contributed by atoms with E-state index in [9.17, 15) is 9.59 Å². The van der Waals surface area contributed by atoms with Gasteiger partial charge in [0.15, 0.2) is 0 Å². The highest BCUT2D eigenvalue weighted by molar-refractivity contribution is 8.01. The number of thioether (sulfide) groups is 2. The number of rotatable bonds is 10. The number of nitrogens with zero attached hydrogens (tertiary/aromatic N) is 2. The Morgan fingerprint density at radius 1 is 1.28 bits per heavy atom. The van der Waals surface area contributed by atoms with E-state index in [0.717, 1.165) is 15.7 Å². The largest absolute Gasteiger partial charge is 0.466 e. The number of hydrogen-bond acceptors (Lipinski definition) is 9. The molecule has 0 aliphatic carbocycles. The van der Waals surface area contributed by atoms with Crippen LogP contribution in [-0.2, 0) is 20.0 Å². The van der Waals surface area contributed by atoms with Gasteiger partial charge in [0.1, 0.15) is 9.81 Å². The zero-order valence-electron chi connectivity index (χ0n) is 15.0. The van der Waals surface area contributed by atoms with E-state index < -0.39 is 11.7 Å². The third kappa shape index (κ3) is 10.6. The second-order valence-corrected chi connectivity index (χ2v) is 9.11. The van der Waals surface area contributed by atoms with Crippen molar-refractivity contribution in [2.45, 2.75) is 49.7 Å². The molecule has 1 amide bonds. The van der Waals surface area contributed by atoms with Gasteiger partial charge in [0.25, 0.3) is 0 Å². The summed E-state index contributed by atoms with van der Waals surface area (Å²) in [5.74, 6) is 1.94. The Hall–Kier alpha value is -1.00. The van der Waals surface area contributed by atoms with Crippen LogP contribution in [0.15, 0.2) is 4.21 Å². The number of aromatic nitrogens is 2. The monoisotopic (exact) mass is 407 g/mol. The van der Waals surface area contributed by atoms with Gasteiger partial charge in [0.05, 0.1) is 18.7 Å². The van der Waals surface area contributed by atoms with Gasteiger partial charge in [-0.05, 0) is 39.2 Å². The van der Waals surface area contributed by atoms with E-state index in [1.165, 1.54) is 11.5 Å². The van der Waals surface area contributed by atoms with Crippen molar-refractivity contribution >= 4 is 47.1 Å². The minimum absolute atomic E-state index is 0.184. The first kappa shape index (κ1) is 22.0. The number of alkyl carbamates (subject to hydrolysis) is 1. The molecule has 0 radical (unpaired) electrons. The van der Waals surface area contributed by atoms with Crippen molar-refractivity contribution in [2.75, 3.05) is 24.7 Å². The number of ether oxygens (including phenoxy) is 2. The second kappa shape index (κ2) is 11.6. The first-order valence-electron chi connectivity index (χ1n) is 7.96. The van der Waals surface area contributed by atoms with Crippen molar-refractivity contribution in [3.8, 4) is 0 Å². The molecule has 1 N–H and O–H groups in total. The van der Waals surface area contributed by atoms with E-state index in [1.807, 2.05) is 20.8 Å². The Morgan fingerprint density at radius 2 is 2.04 bits per heavy atom. The fraction of sp³-hybridized carbons (Fsp3) is 0.733. The van der Waals surface area contributed by atoms with E-state index in [4.69, 9.17) is 9.47 Å². The number of carbonyl (C=O) groups is 2. The molecule has 0 spiro atoms. The SMILES string of the molecule is CCOC(=O)CCSc1snnc1CSCCNC(=O)OC(C)(C)C. The van der Waals surface area contributed by atoms with Crippen molar-refractivity contribution in [3.05, 3.63) is 5.69 Å². The van der Waals surface area contributed by atoms with Gasteiger partial charge in [-0.2, -0.15) is 11.8 Å². The molecular formula is C15H25N3O4S3. The molecule has 10 heteroatoms. The first-order chi connectivity index (χ1) is 11.8. The van der Waals surface area contributed by atoms with Gasteiger partial charge in [-0.1, -0.05) is 4.49 Å². The molecule has 1 rings (SSSR count). The Labute approximate surface area is 161 Å². The van der Waals surface area contributed by atoms with Crippen molar-refractivity contribution in [1.29, 1.82) is 0 Å². The number of carbonyl (C=O) groups excluding carboxylic acids is 2. The van der Waals surface area contributed by atoms with E-state index >= 15 is 0 Å². The van der Waals surface area contributed by atoms with Crippen LogP contribution in [0.3, 0.4) is 0 Å². The lowest BCUT2D eigenvalue weighted by molar-refractivity contribution is -0.142. The highest BCUT2D eigenvalue weighted by Crippen LogP contribution is 2.28. The third-order valence-corrected chi connectivity index (χ3v) is 5.54. The molecule has 0 fully saturated rings. The summed E-state index contributed by atoms with van der Waals surface area (Å²) in [7, 11) is 0. The molecule has 0 saturated carbocycles. The lowest BCUT2D eigenvalue weighted by Crippen LogP contribution is -2.33. The van der Waals surface area contributed by atoms with Gasteiger partial charge in [-0.15, -0.1) is 16.9 Å². The standard InChI is InChI=1S/C15H25N3O4S3/c1-5-21-12(19)6-8-24-13-11(17-18-25-13)10-23-9-7-16-14(20)22-15(2,3)4/h5-10H2,1-4H3,(H,16,20). The number of esters is 1. The third-order valence-electron chi connectivity index (χ3n) is 2.52. The van der Waals surface area contributed by atoms with Crippen molar-refractivity contribution in [3.63, 3.8) is 0 Å². The molecule has 0 bridgehead atoms.